The molecule has 2 rings (SSSR count). The van der Waals surface area contributed by atoms with Gasteiger partial charge in [-0.25, -0.2) is 9.18 Å². The van der Waals surface area contributed by atoms with Crippen LogP contribution in [0.2, 0.25) is 5.02 Å². The Balaban J connectivity index is 2.49. The highest BCUT2D eigenvalue weighted by atomic mass is 35.5. The maximum Gasteiger partial charge on any atom is 0.342 e. The van der Waals surface area contributed by atoms with Crippen LogP contribution in [0, 0.1) is 5.82 Å². The maximum absolute atomic E-state index is 13.8. The highest BCUT2D eigenvalue weighted by molar-refractivity contribution is 6.31. The van der Waals surface area contributed by atoms with Crippen LogP contribution in [0.5, 0.6) is 5.75 Å². The van der Waals surface area contributed by atoms with E-state index >= 15 is 0 Å². The summed E-state index contributed by atoms with van der Waals surface area (Å²) >= 11 is 5.74. The molecule has 0 spiro atoms. The number of benzene rings is 1. The third kappa shape index (κ3) is 2.59. The van der Waals surface area contributed by atoms with Gasteiger partial charge in [-0.15, -0.1) is 0 Å². The molecule has 1 aliphatic rings. The van der Waals surface area contributed by atoms with Crippen LogP contribution in [0.15, 0.2) is 6.07 Å². The molecule has 104 valence electrons. The lowest BCUT2D eigenvalue weighted by Crippen LogP contribution is -2.36. The molecule has 1 heterocycles. The molecule has 0 unspecified atom stereocenters. The lowest BCUT2D eigenvalue weighted by molar-refractivity contribution is 0.0686. The molecule has 0 saturated heterocycles. The maximum atomic E-state index is 13.8. The molecule has 1 aromatic carbocycles. The first-order valence-electron chi connectivity index (χ1n) is 5.68. The number of nitrogens with zero attached hydrogens (tertiary/aromatic N) is 1. The molecule has 1 aromatic rings. The number of methoxy groups -OCH3 is 1. The van der Waals surface area contributed by atoms with Crippen molar-refractivity contribution in [3.63, 3.8) is 0 Å². The summed E-state index contributed by atoms with van der Waals surface area (Å²) in [7, 11) is 1.57. The van der Waals surface area contributed by atoms with E-state index in [0.29, 0.717) is 25.4 Å². The lowest BCUT2D eigenvalue weighted by atomic mass is 10.1. The van der Waals surface area contributed by atoms with Gasteiger partial charge < -0.3 is 19.5 Å². The van der Waals surface area contributed by atoms with Gasteiger partial charge in [-0.05, 0) is 6.07 Å². The summed E-state index contributed by atoms with van der Waals surface area (Å²) in [5, 5.41) is 8.85. The number of carboxylic acid groups (broad SMARTS) is 1. The minimum Gasteiger partial charge on any atom is -0.489 e. The average Bonchev–Trinajstić information content (AvgIpc) is 2.37. The molecule has 0 aromatic heterocycles. The highest BCUT2D eigenvalue weighted by Gasteiger charge is 2.29. The van der Waals surface area contributed by atoms with E-state index < -0.39 is 17.3 Å². The van der Waals surface area contributed by atoms with Crippen molar-refractivity contribution in [2.24, 2.45) is 0 Å². The number of halogens is 2. The zero-order chi connectivity index (χ0) is 14.0. The van der Waals surface area contributed by atoms with E-state index in [2.05, 4.69) is 0 Å². The van der Waals surface area contributed by atoms with Crippen LogP contribution in [0.25, 0.3) is 0 Å². The molecule has 7 heteroatoms. The fourth-order valence-electron chi connectivity index (χ4n) is 1.98. The second-order valence-corrected chi connectivity index (χ2v) is 4.44. The summed E-state index contributed by atoms with van der Waals surface area (Å²) in [5.41, 5.74) is -0.0447. The Morgan fingerprint density at radius 3 is 3.05 bits per heavy atom. The van der Waals surface area contributed by atoms with Crippen molar-refractivity contribution in [2.75, 3.05) is 38.3 Å². The third-order valence-corrected chi connectivity index (χ3v) is 3.15. The van der Waals surface area contributed by atoms with E-state index in [-0.39, 0.29) is 17.4 Å². The van der Waals surface area contributed by atoms with Crippen molar-refractivity contribution in [2.45, 2.75) is 0 Å². The predicted octanol–water partition coefficient (Wildman–Crippen LogP) is 2.02. The minimum atomic E-state index is -1.40. The molecule has 1 N–H and O–H groups in total. The van der Waals surface area contributed by atoms with Gasteiger partial charge in [-0.1, -0.05) is 11.6 Å². The standard InChI is InChI=1S/C12H13ClFNO4/c1-18-4-2-15-3-5-19-11-8(15)6-7(13)10(14)9(11)12(16)17/h6H,2-5H2,1H3,(H,16,17). The molecule has 1 aliphatic heterocycles. The van der Waals surface area contributed by atoms with E-state index in [0.717, 1.165) is 0 Å². The van der Waals surface area contributed by atoms with E-state index in [4.69, 9.17) is 26.2 Å². The van der Waals surface area contributed by atoms with Gasteiger partial charge in [-0.2, -0.15) is 0 Å². The number of anilines is 1. The second kappa shape index (κ2) is 5.63. The smallest absolute Gasteiger partial charge is 0.342 e. The highest BCUT2D eigenvalue weighted by Crippen LogP contribution is 2.39. The lowest BCUT2D eigenvalue weighted by Gasteiger charge is -2.32. The average molecular weight is 290 g/mol. The number of fused-ring (bicyclic) bond motifs is 1. The van der Waals surface area contributed by atoms with Gasteiger partial charge in [0.2, 0.25) is 0 Å². The summed E-state index contributed by atoms with van der Waals surface area (Å²) in [5.74, 6) is -2.34. The number of carbonyl (C=O) groups is 1. The monoisotopic (exact) mass is 289 g/mol. The molecule has 0 atom stereocenters. The van der Waals surface area contributed by atoms with Gasteiger partial charge in [0.1, 0.15) is 12.2 Å². The van der Waals surface area contributed by atoms with E-state index in [1.54, 1.807) is 7.11 Å². The Kier molecular flexibility index (Phi) is 4.11. The number of ether oxygens (including phenoxy) is 2. The SMILES string of the molecule is COCCN1CCOc2c1cc(Cl)c(F)c2C(=O)O. The fraction of sp³-hybridized carbons (Fsp3) is 0.417. The molecule has 0 amide bonds. The third-order valence-electron chi connectivity index (χ3n) is 2.88. The fourth-order valence-corrected chi connectivity index (χ4v) is 2.18. The van der Waals surface area contributed by atoms with Gasteiger partial charge in [0, 0.05) is 13.7 Å². The first-order valence-corrected chi connectivity index (χ1v) is 6.06. The Morgan fingerprint density at radius 2 is 2.42 bits per heavy atom. The molecule has 19 heavy (non-hydrogen) atoms. The Bertz CT molecular complexity index is 509. The van der Waals surface area contributed by atoms with E-state index in [1.165, 1.54) is 6.07 Å². The first kappa shape index (κ1) is 13.9. The molecule has 0 fully saturated rings. The molecule has 0 radical (unpaired) electrons. The van der Waals surface area contributed by atoms with Crippen LogP contribution < -0.4 is 9.64 Å². The number of hydrogen-bond acceptors (Lipinski definition) is 4. The summed E-state index contributed by atoms with van der Waals surface area (Å²) in [6.45, 7) is 1.88. The Labute approximate surface area is 114 Å². The zero-order valence-electron chi connectivity index (χ0n) is 10.3. The van der Waals surface area contributed by atoms with Gasteiger partial charge in [0.15, 0.2) is 11.6 Å². The molecule has 5 nitrogen and oxygen atoms in total. The van der Waals surface area contributed by atoms with E-state index in [1.807, 2.05) is 4.90 Å². The molecule has 0 bridgehead atoms. The van der Waals surface area contributed by atoms with Crippen molar-refractivity contribution in [3.8, 4) is 5.75 Å². The van der Waals surface area contributed by atoms with Gasteiger partial charge in [0.05, 0.1) is 23.9 Å². The van der Waals surface area contributed by atoms with Crippen LogP contribution in [-0.4, -0.2) is 44.5 Å². The zero-order valence-corrected chi connectivity index (χ0v) is 11.0. The van der Waals surface area contributed by atoms with Crippen molar-refractivity contribution in [1.82, 2.24) is 0 Å². The Hall–Kier alpha value is -1.53. The first-order chi connectivity index (χ1) is 9.06. The predicted molar refractivity (Wildman–Crippen MR) is 68.0 cm³/mol. The van der Waals surface area contributed by atoms with Crippen LogP contribution >= 0.6 is 11.6 Å². The molecule has 0 aliphatic carbocycles. The summed E-state index contributed by atoms with van der Waals surface area (Å²) in [4.78, 5) is 13.0. The number of aromatic carboxylic acids is 1. The van der Waals surface area contributed by atoms with Crippen molar-refractivity contribution < 1.29 is 23.8 Å². The normalized spacial score (nSPS) is 13.9. The van der Waals surface area contributed by atoms with Gasteiger partial charge >= 0.3 is 5.97 Å². The number of rotatable bonds is 4. The van der Waals surface area contributed by atoms with Gasteiger partial charge in [-0.3, -0.25) is 0 Å². The number of hydrogen-bond donors (Lipinski definition) is 1. The summed E-state index contributed by atoms with van der Waals surface area (Å²) in [6, 6.07) is 1.38. The van der Waals surface area contributed by atoms with Crippen LogP contribution in [-0.2, 0) is 4.74 Å². The minimum absolute atomic E-state index is 0.0248. The molecular formula is C12H13ClFNO4. The quantitative estimate of drug-likeness (QED) is 0.919. The second-order valence-electron chi connectivity index (χ2n) is 4.03. The summed E-state index contributed by atoms with van der Waals surface area (Å²) < 4.78 is 24.1. The van der Waals surface area contributed by atoms with Crippen molar-refractivity contribution in [3.05, 3.63) is 22.5 Å². The van der Waals surface area contributed by atoms with Crippen LogP contribution in [0.4, 0.5) is 10.1 Å². The van der Waals surface area contributed by atoms with Crippen LogP contribution in [0.3, 0.4) is 0 Å². The summed E-state index contributed by atoms with van der Waals surface area (Å²) in [6.07, 6.45) is 0. The topological polar surface area (TPSA) is 59.0 Å². The van der Waals surface area contributed by atoms with E-state index in [9.17, 15) is 9.18 Å². The Morgan fingerprint density at radius 1 is 1.68 bits per heavy atom. The molecule has 0 saturated carbocycles. The largest absolute Gasteiger partial charge is 0.489 e. The molecular weight excluding hydrogens is 277 g/mol. The van der Waals surface area contributed by atoms with Crippen molar-refractivity contribution in [1.29, 1.82) is 0 Å². The van der Waals surface area contributed by atoms with Crippen molar-refractivity contribution >= 4 is 23.3 Å². The van der Waals surface area contributed by atoms with Crippen LogP contribution in [0.1, 0.15) is 10.4 Å². The number of carboxylic acids is 1. The van der Waals surface area contributed by atoms with Gasteiger partial charge in [0.25, 0.3) is 0 Å².